The Morgan fingerprint density at radius 2 is 1.88 bits per heavy atom. The summed E-state index contributed by atoms with van der Waals surface area (Å²) >= 11 is 0. The fourth-order valence-electron chi connectivity index (χ4n) is 2.58. The van der Waals surface area contributed by atoms with Gasteiger partial charge in [0.2, 0.25) is 0 Å². The van der Waals surface area contributed by atoms with Crippen molar-refractivity contribution in [2.45, 2.75) is 31.2 Å². The largest absolute Gasteiger partial charge is 0.351 e. The van der Waals surface area contributed by atoms with Crippen molar-refractivity contribution in [1.29, 1.82) is 0 Å². The first-order chi connectivity index (χ1) is 8.04. The predicted octanol–water partition coefficient (Wildman–Crippen LogP) is 1.93. The molecule has 1 saturated carbocycles. The minimum absolute atomic E-state index is 0.305. The summed E-state index contributed by atoms with van der Waals surface area (Å²) in [5.41, 5.74) is 13.3. The van der Waals surface area contributed by atoms with Gasteiger partial charge in [0, 0.05) is 12.6 Å². The van der Waals surface area contributed by atoms with Crippen LogP contribution < -0.4 is 16.4 Å². The van der Waals surface area contributed by atoms with E-state index in [4.69, 9.17) is 11.5 Å². The summed E-state index contributed by atoms with van der Waals surface area (Å²) < 4.78 is 0. The number of amides is 2. The first-order valence-electron chi connectivity index (χ1n) is 5.96. The van der Waals surface area contributed by atoms with Crippen LogP contribution in [0.15, 0.2) is 24.3 Å². The Bertz CT molecular complexity index is 424. The van der Waals surface area contributed by atoms with Gasteiger partial charge in [-0.05, 0) is 24.5 Å². The smallest absolute Gasteiger partial charge is 0.319 e. The number of urea groups is 1. The lowest BCUT2D eigenvalue weighted by Crippen LogP contribution is -2.38. The molecule has 17 heavy (non-hydrogen) atoms. The second kappa shape index (κ2) is 4.37. The van der Waals surface area contributed by atoms with Crippen molar-refractivity contribution in [1.82, 2.24) is 0 Å². The first-order valence-corrected chi connectivity index (χ1v) is 5.96. The lowest BCUT2D eigenvalue weighted by Gasteiger charge is -2.29. The van der Waals surface area contributed by atoms with Gasteiger partial charge in [-0.2, -0.15) is 0 Å². The Kier molecular flexibility index (Phi) is 3.07. The number of rotatable bonds is 2. The highest BCUT2D eigenvalue weighted by Gasteiger charge is 2.34. The Balaban J connectivity index is 2.43. The van der Waals surface area contributed by atoms with Gasteiger partial charge in [-0.25, -0.2) is 4.79 Å². The molecule has 0 unspecified atom stereocenters. The van der Waals surface area contributed by atoms with Crippen molar-refractivity contribution < 1.29 is 4.79 Å². The zero-order valence-corrected chi connectivity index (χ0v) is 10.1. The van der Waals surface area contributed by atoms with Crippen molar-refractivity contribution in [3.63, 3.8) is 0 Å². The van der Waals surface area contributed by atoms with Crippen molar-refractivity contribution in [3.8, 4) is 0 Å². The maximum Gasteiger partial charge on any atom is 0.319 e. The second-order valence-corrected chi connectivity index (χ2v) is 4.78. The van der Waals surface area contributed by atoms with E-state index < -0.39 is 6.03 Å². The Labute approximate surface area is 102 Å². The van der Waals surface area contributed by atoms with E-state index in [9.17, 15) is 4.79 Å². The normalized spacial score (nSPS) is 18.0. The van der Waals surface area contributed by atoms with E-state index in [0.29, 0.717) is 0 Å². The van der Waals surface area contributed by atoms with Gasteiger partial charge in [-0.3, -0.25) is 4.90 Å². The van der Waals surface area contributed by atoms with E-state index in [0.717, 1.165) is 36.9 Å². The number of anilines is 1. The molecule has 0 spiro atoms. The Morgan fingerprint density at radius 1 is 1.29 bits per heavy atom. The Morgan fingerprint density at radius 3 is 2.47 bits per heavy atom. The first kappa shape index (κ1) is 11.9. The van der Waals surface area contributed by atoms with Crippen LogP contribution in [-0.2, 0) is 5.54 Å². The molecule has 1 fully saturated rings. The zero-order valence-electron chi connectivity index (χ0n) is 10.1. The highest BCUT2D eigenvalue weighted by molar-refractivity contribution is 5.91. The van der Waals surface area contributed by atoms with Crippen molar-refractivity contribution in [2.75, 3.05) is 11.9 Å². The fourth-order valence-corrected chi connectivity index (χ4v) is 2.58. The van der Waals surface area contributed by atoms with E-state index in [1.165, 1.54) is 4.90 Å². The van der Waals surface area contributed by atoms with Crippen LogP contribution in [-0.4, -0.2) is 13.1 Å². The summed E-state index contributed by atoms with van der Waals surface area (Å²) in [7, 11) is 1.68. The minimum atomic E-state index is -0.459. The molecule has 2 rings (SSSR count). The number of carbonyl (C=O) groups is 1. The maximum atomic E-state index is 11.3. The van der Waals surface area contributed by atoms with Crippen LogP contribution in [0.5, 0.6) is 0 Å². The molecule has 4 N–H and O–H groups in total. The third-order valence-electron chi connectivity index (χ3n) is 3.63. The molecule has 92 valence electrons. The van der Waals surface area contributed by atoms with Gasteiger partial charge in [-0.15, -0.1) is 0 Å². The fraction of sp³-hybridized carbons (Fsp3) is 0.462. The summed E-state index contributed by atoms with van der Waals surface area (Å²) in [5, 5.41) is 0. The average Bonchev–Trinajstić information content (AvgIpc) is 2.76. The number of nitrogens with two attached hydrogens (primary N) is 2. The highest BCUT2D eigenvalue weighted by atomic mass is 16.2. The summed E-state index contributed by atoms with van der Waals surface area (Å²) in [6.45, 7) is 0. The molecule has 0 radical (unpaired) electrons. The van der Waals surface area contributed by atoms with Gasteiger partial charge in [-0.1, -0.05) is 31.0 Å². The van der Waals surface area contributed by atoms with Crippen LogP contribution >= 0.6 is 0 Å². The molecule has 0 bridgehead atoms. The molecule has 0 atom stereocenters. The monoisotopic (exact) mass is 233 g/mol. The highest BCUT2D eigenvalue weighted by Crippen LogP contribution is 2.40. The molecular weight excluding hydrogens is 214 g/mol. The third-order valence-corrected chi connectivity index (χ3v) is 3.63. The number of carbonyl (C=O) groups excluding carboxylic acids is 1. The zero-order chi connectivity index (χ0) is 12.5. The summed E-state index contributed by atoms with van der Waals surface area (Å²) in [4.78, 5) is 12.7. The van der Waals surface area contributed by atoms with Gasteiger partial charge in [0.15, 0.2) is 0 Å². The van der Waals surface area contributed by atoms with E-state index >= 15 is 0 Å². The molecule has 0 saturated heterocycles. The average molecular weight is 233 g/mol. The third kappa shape index (κ3) is 2.13. The van der Waals surface area contributed by atoms with Gasteiger partial charge in [0.25, 0.3) is 0 Å². The molecule has 0 aliphatic heterocycles. The van der Waals surface area contributed by atoms with Crippen LogP contribution in [0.1, 0.15) is 31.2 Å². The van der Waals surface area contributed by atoms with E-state index in [1.54, 1.807) is 7.05 Å². The van der Waals surface area contributed by atoms with Gasteiger partial charge < -0.3 is 11.5 Å². The van der Waals surface area contributed by atoms with Crippen molar-refractivity contribution in [3.05, 3.63) is 29.8 Å². The molecule has 0 aromatic heterocycles. The molecule has 1 aromatic carbocycles. The van der Waals surface area contributed by atoms with Gasteiger partial charge in [0.1, 0.15) is 0 Å². The van der Waals surface area contributed by atoms with Gasteiger partial charge in [0.05, 0.1) is 5.69 Å². The standard InChI is InChI=1S/C13H19N3O/c1-16(12(14)17)11-7-3-2-6-10(11)13(15)8-4-5-9-13/h2-3,6-7H,4-5,8-9,15H2,1H3,(H2,14,17). The molecule has 4 nitrogen and oxygen atoms in total. The second-order valence-electron chi connectivity index (χ2n) is 4.78. The summed E-state index contributed by atoms with van der Waals surface area (Å²) in [6.07, 6.45) is 4.23. The Hall–Kier alpha value is -1.55. The SMILES string of the molecule is CN(C(N)=O)c1ccccc1C1(N)CCCC1. The lowest BCUT2D eigenvalue weighted by molar-refractivity contribution is 0.255. The quantitative estimate of drug-likeness (QED) is 0.819. The lowest BCUT2D eigenvalue weighted by atomic mass is 9.88. The molecule has 0 heterocycles. The maximum absolute atomic E-state index is 11.3. The molecular formula is C13H19N3O. The van der Waals surface area contributed by atoms with Crippen molar-refractivity contribution in [2.24, 2.45) is 11.5 Å². The predicted molar refractivity (Wildman–Crippen MR) is 68.8 cm³/mol. The molecule has 1 aliphatic rings. The minimum Gasteiger partial charge on any atom is -0.351 e. The molecule has 2 amide bonds. The van der Waals surface area contributed by atoms with Crippen LogP contribution in [0.4, 0.5) is 10.5 Å². The van der Waals surface area contributed by atoms with E-state index in [-0.39, 0.29) is 5.54 Å². The van der Waals surface area contributed by atoms with E-state index in [2.05, 4.69) is 0 Å². The van der Waals surface area contributed by atoms with Crippen LogP contribution in [0.3, 0.4) is 0 Å². The van der Waals surface area contributed by atoms with Crippen LogP contribution in [0, 0.1) is 0 Å². The molecule has 1 aromatic rings. The summed E-state index contributed by atoms with van der Waals surface area (Å²) in [5.74, 6) is 0. The van der Waals surface area contributed by atoms with Gasteiger partial charge >= 0.3 is 6.03 Å². The number of nitrogens with zero attached hydrogens (tertiary/aromatic N) is 1. The molecule has 4 heteroatoms. The number of primary amides is 1. The van der Waals surface area contributed by atoms with Crippen LogP contribution in [0.25, 0.3) is 0 Å². The number of hydrogen-bond donors (Lipinski definition) is 2. The van der Waals surface area contributed by atoms with Crippen LogP contribution in [0.2, 0.25) is 0 Å². The number of benzene rings is 1. The molecule has 1 aliphatic carbocycles. The van der Waals surface area contributed by atoms with E-state index in [1.807, 2.05) is 24.3 Å². The van der Waals surface area contributed by atoms with Crippen molar-refractivity contribution >= 4 is 11.7 Å². The number of para-hydroxylation sites is 1. The number of hydrogen-bond acceptors (Lipinski definition) is 2. The topological polar surface area (TPSA) is 72.3 Å². The summed E-state index contributed by atoms with van der Waals surface area (Å²) in [6, 6.07) is 7.30.